The zero-order chi connectivity index (χ0) is 8.08. The molecule has 0 aromatic heterocycles. The van der Waals surface area contributed by atoms with Gasteiger partial charge in [-0.15, -0.1) is 0 Å². The van der Waals surface area contributed by atoms with Gasteiger partial charge in [0.1, 0.15) is 0 Å². The van der Waals surface area contributed by atoms with E-state index in [2.05, 4.69) is 0 Å². The van der Waals surface area contributed by atoms with Crippen molar-refractivity contribution in [3.05, 3.63) is 15.3 Å². The molecule has 0 aliphatic rings. The fourth-order valence-corrected chi connectivity index (χ4v) is 0. The first-order valence-corrected chi connectivity index (χ1v) is 2.84. The molecule has 0 unspecified atom stereocenters. The summed E-state index contributed by atoms with van der Waals surface area (Å²) in [6, 6.07) is 0. The van der Waals surface area contributed by atoms with Crippen molar-refractivity contribution in [1.29, 1.82) is 0 Å². The molecule has 0 aliphatic heterocycles. The molecule has 66 valence electrons. The van der Waals surface area contributed by atoms with E-state index < -0.39 is 12.9 Å². The van der Waals surface area contributed by atoms with Crippen LogP contribution in [0.3, 0.4) is 0 Å². The summed E-state index contributed by atoms with van der Waals surface area (Å²) in [5.41, 5.74) is 0. The Kier molecular flexibility index (Phi) is 22.8. The minimum Gasteiger partial charge on any atom is -0.756 e. The first kappa shape index (κ1) is 22.7. The summed E-state index contributed by atoms with van der Waals surface area (Å²) in [7, 11) is -4.89. The van der Waals surface area contributed by atoms with Gasteiger partial charge < -0.3 is 30.0 Å². The molecule has 0 spiro atoms. The van der Waals surface area contributed by atoms with Gasteiger partial charge in [0.25, 0.3) is 7.82 Å². The van der Waals surface area contributed by atoms with Crippen LogP contribution < -0.4 is 34.5 Å². The molecular weight excluding hydrogens is 288 g/mol. The van der Waals surface area contributed by atoms with Crippen LogP contribution in [-0.2, 0) is 26.9 Å². The molecular formula is H2AgNNaO7P. The van der Waals surface area contributed by atoms with Crippen LogP contribution in [0, 0.1) is 15.3 Å². The number of rotatable bonds is 0. The van der Waals surface area contributed by atoms with Crippen molar-refractivity contribution < 1.29 is 76.3 Å². The topological polar surface area (TPSA) is 147 Å². The van der Waals surface area contributed by atoms with Crippen molar-refractivity contribution in [2.24, 2.45) is 0 Å². The fraction of sp³-hybridized carbons (Fsp3) is 0. The smallest absolute Gasteiger partial charge is 0.756 e. The van der Waals surface area contributed by atoms with E-state index >= 15 is 0 Å². The van der Waals surface area contributed by atoms with Crippen molar-refractivity contribution in [3.8, 4) is 0 Å². The molecule has 11 heavy (non-hydrogen) atoms. The van der Waals surface area contributed by atoms with Crippen LogP contribution in [0.25, 0.3) is 0 Å². The molecule has 0 atom stereocenters. The van der Waals surface area contributed by atoms with Crippen molar-refractivity contribution in [2.75, 3.05) is 0 Å². The summed E-state index contributed by atoms with van der Waals surface area (Å²) in [6.45, 7) is 0. The van der Waals surface area contributed by atoms with Crippen LogP contribution in [0.2, 0.25) is 0 Å². The minimum absolute atomic E-state index is 0. The molecule has 0 aliphatic carbocycles. The monoisotopic (exact) mass is 289 g/mol. The Bertz CT molecular complexity index is 118. The second-order valence-electron chi connectivity index (χ2n) is 0.714. The standard InChI is InChI=1S/Ag.NO3.Na.H3O4P/c;2-1(3)4;;1-5(2,3)4/h;;;(H3,1,2,3,4)/q+1;-1;+1;/p-1. The molecule has 8 nitrogen and oxygen atoms in total. The molecule has 0 bridgehead atoms. The predicted octanol–water partition coefficient (Wildman–Crippen LogP) is -4.80. The fourth-order valence-electron chi connectivity index (χ4n) is 0. The van der Waals surface area contributed by atoms with Gasteiger partial charge in [0.05, 0.1) is 5.09 Å². The van der Waals surface area contributed by atoms with E-state index in [1.54, 1.807) is 0 Å². The van der Waals surface area contributed by atoms with Crippen molar-refractivity contribution >= 4 is 7.82 Å². The summed E-state index contributed by atoms with van der Waals surface area (Å²) < 4.78 is 8.77. The molecule has 2 N–H and O–H groups in total. The summed E-state index contributed by atoms with van der Waals surface area (Å²) in [6.07, 6.45) is 0. The molecule has 0 amide bonds. The van der Waals surface area contributed by atoms with Crippen LogP contribution in [-0.4, -0.2) is 14.9 Å². The minimum atomic E-state index is -4.89. The summed E-state index contributed by atoms with van der Waals surface area (Å²) in [4.78, 5) is 31.2. The normalized spacial score (nSPS) is 7.55. The number of hydrogen-bond acceptors (Lipinski definition) is 5. The van der Waals surface area contributed by atoms with Crippen LogP contribution in [0.1, 0.15) is 0 Å². The van der Waals surface area contributed by atoms with Gasteiger partial charge in [-0.05, 0) is 0 Å². The van der Waals surface area contributed by atoms with Gasteiger partial charge in [-0.25, -0.2) is 0 Å². The SMILES string of the molecule is O=P([O-])(O)O.O=[N+]([O-])[O-].[Ag+].[Na+]. The molecule has 0 rings (SSSR count). The van der Waals surface area contributed by atoms with Crippen molar-refractivity contribution in [1.82, 2.24) is 0 Å². The molecule has 0 saturated heterocycles. The maximum Gasteiger partial charge on any atom is 1.00 e. The largest absolute Gasteiger partial charge is 1.00 e. The first-order valence-electron chi connectivity index (χ1n) is 1.31. The summed E-state index contributed by atoms with van der Waals surface area (Å²) in [5.74, 6) is 0. The van der Waals surface area contributed by atoms with Crippen LogP contribution in [0.4, 0.5) is 0 Å². The van der Waals surface area contributed by atoms with Gasteiger partial charge >= 0.3 is 51.9 Å². The van der Waals surface area contributed by atoms with Gasteiger partial charge in [0, 0.05) is 0 Å². The van der Waals surface area contributed by atoms with E-state index in [4.69, 9.17) is 34.6 Å². The summed E-state index contributed by atoms with van der Waals surface area (Å²) >= 11 is 0. The van der Waals surface area contributed by atoms with Gasteiger partial charge in [0.15, 0.2) is 0 Å². The number of hydrogen-bond donors (Lipinski definition) is 2. The van der Waals surface area contributed by atoms with Gasteiger partial charge in [-0.3, -0.25) is 4.57 Å². The molecule has 0 aromatic carbocycles. The van der Waals surface area contributed by atoms with E-state index in [1.165, 1.54) is 0 Å². The van der Waals surface area contributed by atoms with E-state index in [9.17, 15) is 0 Å². The van der Waals surface area contributed by atoms with Gasteiger partial charge in [-0.2, -0.15) is 0 Å². The number of phosphoric acid groups is 1. The second kappa shape index (κ2) is 11.1. The average Bonchev–Trinajstić information content (AvgIpc) is 1.19. The third-order valence-electron chi connectivity index (χ3n) is 0. The molecule has 0 fully saturated rings. The second-order valence-corrected chi connectivity index (χ2v) is 1.70. The Morgan fingerprint density at radius 3 is 1.27 bits per heavy atom. The van der Waals surface area contributed by atoms with Gasteiger partial charge in [0.2, 0.25) is 0 Å². The molecule has 0 radical (unpaired) electrons. The summed E-state index contributed by atoms with van der Waals surface area (Å²) in [5, 5.41) is 14.8. The van der Waals surface area contributed by atoms with E-state index in [0.29, 0.717) is 0 Å². The zero-order valence-electron chi connectivity index (χ0n) is 5.13. The molecule has 11 heteroatoms. The van der Waals surface area contributed by atoms with E-state index in [1.807, 2.05) is 0 Å². The van der Waals surface area contributed by atoms with Crippen LogP contribution in [0.5, 0.6) is 0 Å². The van der Waals surface area contributed by atoms with E-state index in [0.717, 1.165) is 0 Å². The van der Waals surface area contributed by atoms with Crippen molar-refractivity contribution in [2.45, 2.75) is 0 Å². The Labute approximate surface area is 98.8 Å². The van der Waals surface area contributed by atoms with Crippen molar-refractivity contribution in [3.63, 3.8) is 0 Å². The molecule has 0 heterocycles. The Balaban J connectivity index is -0.0000000383. The Hall–Kier alpha value is 1.05. The van der Waals surface area contributed by atoms with E-state index in [-0.39, 0.29) is 51.9 Å². The van der Waals surface area contributed by atoms with Gasteiger partial charge in [-0.1, -0.05) is 0 Å². The molecule has 0 saturated carbocycles. The van der Waals surface area contributed by atoms with Crippen LogP contribution in [0.15, 0.2) is 0 Å². The quantitative estimate of drug-likeness (QED) is 0.197. The Morgan fingerprint density at radius 1 is 1.27 bits per heavy atom. The average molecular weight is 290 g/mol. The Morgan fingerprint density at radius 2 is 1.27 bits per heavy atom. The number of nitrogens with zero attached hydrogens (tertiary/aromatic N) is 1. The predicted molar refractivity (Wildman–Crippen MR) is 22.4 cm³/mol. The zero-order valence-corrected chi connectivity index (χ0v) is 9.51. The molecule has 0 aromatic rings. The first-order chi connectivity index (χ1) is 3.73. The third kappa shape index (κ3) is 821. The van der Waals surface area contributed by atoms with Crippen LogP contribution >= 0.6 is 7.82 Å². The third-order valence-corrected chi connectivity index (χ3v) is 0. The maximum atomic E-state index is 8.77. The maximum absolute atomic E-state index is 8.77.